The molecule has 0 bridgehead atoms. The summed E-state index contributed by atoms with van der Waals surface area (Å²) in [6, 6.07) is 3.99. The van der Waals surface area contributed by atoms with Crippen molar-refractivity contribution in [1.82, 2.24) is 10.2 Å². The number of fused-ring (bicyclic) bond motifs is 1. The highest BCUT2D eigenvalue weighted by atomic mass is 16.7. The summed E-state index contributed by atoms with van der Waals surface area (Å²) in [6.45, 7) is 6.59. The molecular weight excluding hydrogens is 320 g/mol. The molecule has 0 saturated carbocycles. The molecule has 2 atom stereocenters. The molecular formula is C19H26N2O4. The van der Waals surface area contributed by atoms with E-state index in [4.69, 9.17) is 14.2 Å². The van der Waals surface area contributed by atoms with Crippen LogP contribution in [0, 0.1) is 13.8 Å². The number of hydrogen-bond acceptors (Lipinski definition) is 4. The van der Waals surface area contributed by atoms with Gasteiger partial charge in [0.15, 0.2) is 6.29 Å². The number of likely N-dealkylation sites (tertiary alicyclic amines) is 1. The molecule has 4 rings (SSSR count). The monoisotopic (exact) mass is 346 g/mol. The summed E-state index contributed by atoms with van der Waals surface area (Å²) in [7, 11) is 0. The van der Waals surface area contributed by atoms with Crippen LogP contribution in [0.3, 0.4) is 0 Å². The predicted octanol–water partition coefficient (Wildman–Crippen LogP) is 2.67. The number of piperidine rings is 1. The van der Waals surface area contributed by atoms with Crippen molar-refractivity contribution in [3.05, 3.63) is 28.8 Å². The van der Waals surface area contributed by atoms with Crippen LogP contribution in [0.5, 0.6) is 5.75 Å². The lowest BCUT2D eigenvalue weighted by molar-refractivity contribution is -0.0984. The normalized spacial score (nSPS) is 26.4. The topological polar surface area (TPSA) is 60.0 Å². The summed E-state index contributed by atoms with van der Waals surface area (Å²) < 4.78 is 17.2. The van der Waals surface area contributed by atoms with E-state index in [2.05, 4.69) is 31.3 Å². The quantitative estimate of drug-likeness (QED) is 0.894. The highest BCUT2D eigenvalue weighted by molar-refractivity contribution is 5.75. The van der Waals surface area contributed by atoms with Crippen LogP contribution >= 0.6 is 0 Å². The van der Waals surface area contributed by atoms with Crippen molar-refractivity contribution in [2.75, 3.05) is 26.4 Å². The van der Waals surface area contributed by atoms with Crippen LogP contribution < -0.4 is 10.1 Å². The van der Waals surface area contributed by atoms with Gasteiger partial charge in [0.2, 0.25) is 0 Å². The molecule has 0 spiro atoms. The van der Waals surface area contributed by atoms with Gasteiger partial charge in [-0.1, -0.05) is 12.1 Å². The van der Waals surface area contributed by atoms with E-state index in [1.807, 2.05) is 4.90 Å². The summed E-state index contributed by atoms with van der Waals surface area (Å²) in [5.74, 6) is 0.919. The summed E-state index contributed by atoms with van der Waals surface area (Å²) >= 11 is 0. The third-order valence-corrected chi connectivity index (χ3v) is 5.55. The third kappa shape index (κ3) is 3.09. The minimum atomic E-state index is -0.289. The van der Waals surface area contributed by atoms with Crippen molar-refractivity contribution < 1.29 is 19.0 Å². The van der Waals surface area contributed by atoms with E-state index in [1.54, 1.807) is 0 Å². The molecule has 2 unspecified atom stereocenters. The van der Waals surface area contributed by atoms with E-state index in [9.17, 15) is 4.79 Å². The van der Waals surface area contributed by atoms with Gasteiger partial charge in [0, 0.05) is 12.1 Å². The van der Waals surface area contributed by atoms with Crippen molar-refractivity contribution >= 4 is 6.03 Å². The van der Waals surface area contributed by atoms with Gasteiger partial charge in [-0.25, -0.2) is 4.79 Å². The number of nitrogens with one attached hydrogen (secondary N) is 1. The Morgan fingerprint density at radius 2 is 2.00 bits per heavy atom. The molecule has 6 nitrogen and oxygen atoms in total. The Balaban J connectivity index is 1.48. The van der Waals surface area contributed by atoms with E-state index in [-0.39, 0.29) is 24.4 Å². The lowest BCUT2D eigenvalue weighted by Gasteiger charge is -2.38. The van der Waals surface area contributed by atoms with Crippen LogP contribution in [-0.2, 0) is 9.47 Å². The Labute approximate surface area is 148 Å². The zero-order valence-corrected chi connectivity index (χ0v) is 14.9. The number of carbonyl (C=O) groups excluding carboxylic acids is 1. The third-order valence-electron chi connectivity index (χ3n) is 5.55. The zero-order chi connectivity index (χ0) is 17.4. The number of aryl methyl sites for hydroxylation is 1. The van der Waals surface area contributed by atoms with Gasteiger partial charge in [-0.15, -0.1) is 0 Å². The van der Waals surface area contributed by atoms with Gasteiger partial charge in [-0.05, 0) is 44.2 Å². The van der Waals surface area contributed by atoms with Gasteiger partial charge in [0.1, 0.15) is 12.4 Å². The number of amides is 2. The molecule has 0 aromatic heterocycles. The fourth-order valence-corrected chi connectivity index (χ4v) is 3.98. The highest BCUT2D eigenvalue weighted by Gasteiger charge is 2.37. The Morgan fingerprint density at radius 3 is 2.80 bits per heavy atom. The van der Waals surface area contributed by atoms with E-state index in [1.165, 1.54) is 5.56 Å². The predicted molar refractivity (Wildman–Crippen MR) is 92.7 cm³/mol. The first-order chi connectivity index (χ1) is 12.1. The molecule has 0 aliphatic carbocycles. The lowest BCUT2D eigenvalue weighted by atomic mass is 10.0. The molecule has 25 heavy (non-hydrogen) atoms. The van der Waals surface area contributed by atoms with Crippen molar-refractivity contribution in [2.24, 2.45) is 0 Å². The summed E-state index contributed by atoms with van der Waals surface area (Å²) in [5, 5.41) is 3.16. The zero-order valence-electron chi connectivity index (χ0n) is 14.9. The molecule has 136 valence electrons. The van der Waals surface area contributed by atoms with Crippen LogP contribution in [0.1, 0.15) is 42.0 Å². The van der Waals surface area contributed by atoms with Crippen molar-refractivity contribution in [3.8, 4) is 5.75 Å². The molecule has 1 aromatic rings. The highest BCUT2D eigenvalue weighted by Crippen LogP contribution is 2.37. The second-order valence-corrected chi connectivity index (χ2v) is 7.11. The lowest BCUT2D eigenvalue weighted by Crippen LogP contribution is -2.54. The summed E-state index contributed by atoms with van der Waals surface area (Å²) in [6.07, 6.45) is 2.76. The average molecular weight is 346 g/mol. The number of urea groups is 1. The average Bonchev–Trinajstić information content (AvgIpc) is 3.29. The van der Waals surface area contributed by atoms with Crippen LogP contribution in [0.25, 0.3) is 0 Å². The molecule has 3 aliphatic rings. The maximum absolute atomic E-state index is 12.9. The van der Waals surface area contributed by atoms with E-state index in [0.717, 1.165) is 42.7 Å². The number of ether oxygens (including phenoxy) is 3. The van der Waals surface area contributed by atoms with Crippen LogP contribution in [0.15, 0.2) is 12.1 Å². The molecule has 3 heterocycles. The molecule has 2 saturated heterocycles. The fourth-order valence-electron chi connectivity index (χ4n) is 3.98. The fraction of sp³-hybridized carbons (Fsp3) is 0.632. The summed E-state index contributed by atoms with van der Waals surface area (Å²) in [5.41, 5.74) is 3.42. The number of nitrogens with zero attached hydrogens (tertiary/aromatic N) is 1. The SMILES string of the molecule is Cc1ccc2c(c1C)OCC2NC(=O)N1CCCCC1C1OCCO1. The second kappa shape index (κ2) is 6.84. The first-order valence-corrected chi connectivity index (χ1v) is 9.18. The van der Waals surface area contributed by atoms with Gasteiger partial charge < -0.3 is 24.4 Å². The first kappa shape index (κ1) is 16.7. The molecule has 2 amide bonds. The van der Waals surface area contributed by atoms with Crippen molar-refractivity contribution in [2.45, 2.75) is 51.5 Å². The van der Waals surface area contributed by atoms with Gasteiger partial charge in [0.25, 0.3) is 0 Å². The van der Waals surface area contributed by atoms with Gasteiger partial charge in [0.05, 0.1) is 25.3 Å². The van der Waals surface area contributed by atoms with Crippen molar-refractivity contribution in [1.29, 1.82) is 0 Å². The molecule has 2 fully saturated rings. The van der Waals surface area contributed by atoms with Gasteiger partial charge >= 0.3 is 6.03 Å². The van der Waals surface area contributed by atoms with E-state index >= 15 is 0 Å². The van der Waals surface area contributed by atoms with Crippen LogP contribution in [0.2, 0.25) is 0 Å². The number of rotatable bonds is 2. The molecule has 6 heteroatoms. The molecule has 3 aliphatic heterocycles. The molecule has 0 radical (unpaired) electrons. The number of hydrogen-bond donors (Lipinski definition) is 1. The van der Waals surface area contributed by atoms with Crippen LogP contribution in [-0.4, -0.2) is 49.6 Å². The van der Waals surface area contributed by atoms with Gasteiger partial charge in [-0.2, -0.15) is 0 Å². The Kier molecular flexibility index (Phi) is 4.56. The second-order valence-electron chi connectivity index (χ2n) is 7.11. The maximum Gasteiger partial charge on any atom is 0.318 e. The smallest absolute Gasteiger partial charge is 0.318 e. The Morgan fingerprint density at radius 1 is 1.20 bits per heavy atom. The molecule has 1 N–H and O–H groups in total. The Hall–Kier alpha value is -1.79. The van der Waals surface area contributed by atoms with Gasteiger partial charge in [-0.3, -0.25) is 0 Å². The maximum atomic E-state index is 12.9. The summed E-state index contributed by atoms with van der Waals surface area (Å²) in [4.78, 5) is 14.8. The minimum absolute atomic E-state index is 0.00204. The first-order valence-electron chi connectivity index (χ1n) is 9.18. The van der Waals surface area contributed by atoms with E-state index < -0.39 is 0 Å². The largest absolute Gasteiger partial charge is 0.490 e. The molecule has 1 aromatic carbocycles. The minimum Gasteiger partial charge on any atom is -0.490 e. The van der Waals surface area contributed by atoms with Crippen LogP contribution in [0.4, 0.5) is 4.79 Å². The van der Waals surface area contributed by atoms with E-state index in [0.29, 0.717) is 19.8 Å². The Bertz CT molecular complexity index is 657. The number of carbonyl (C=O) groups is 1. The standard InChI is InChI=1S/C19H26N2O4/c1-12-6-7-14-15(11-25-17(14)13(12)2)20-19(22)21-8-4-3-5-16(21)18-23-9-10-24-18/h6-7,15-16,18H,3-5,8-11H2,1-2H3,(H,20,22). The van der Waals surface area contributed by atoms with Crippen molar-refractivity contribution in [3.63, 3.8) is 0 Å². The number of benzene rings is 1.